The molecule has 2 rings (SSSR count). The molecule has 2 aromatic rings. The second-order valence-electron chi connectivity index (χ2n) is 3.23. The Kier molecular flexibility index (Phi) is 3.55. The van der Waals surface area contributed by atoms with E-state index >= 15 is 0 Å². The second kappa shape index (κ2) is 5.48. The molecule has 1 heterocycles. The molecule has 0 bridgehead atoms. The Morgan fingerprint density at radius 1 is 0.833 bits per heavy atom. The third kappa shape index (κ3) is 2.64. The smallest absolute Gasteiger partial charge is 0.178 e. The molecule has 0 saturated carbocycles. The predicted molar refractivity (Wildman–Crippen MR) is 64.0 cm³/mol. The fraction of sp³-hybridized carbons (Fsp3) is 0. The highest BCUT2D eigenvalue weighted by molar-refractivity contribution is 5.79. The largest absolute Gasteiger partial charge is 0.411 e. The minimum Gasteiger partial charge on any atom is -0.411 e. The van der Waals surface area contributed by atoms with Crippen molar-refractivity contribution in [2.24, 2.45) is 10.3 Å². The lowest BCUT2D eigenvalue weighted by Crippen LogP contribution is -2.04. The Morgan fingerprint density at radius 3 is 1.89 bits per heavy atom. The molecule has 1 aromatic heterocycles. The summed E-state index contributed by atoms with van der Waals surface area (Å²) < 4.78 is 0. The number of benzene rings is 1. The zero-order valence-electron chi connectivity index (χ0n) is 9.17. The first-order valence-electron chi connectivity index (χ1n) is 5.00. The Hall–Kier alpha value is -2.83. The van der Waals surface area contributed by atoms with Crippen LogP contribution in [0.25, 0.3) is 11.4 Å². The molecule has 7 heteroatoms. The van der Waals surface area contributed by atoms with Gasteiger partial charge in [-0.2, -0.15) is 0 Å². The summed E-state index contributed by atoms with van der Waals surface area (Å²) in [7, 11) is 0. The van der Waals surface area contributed by atoms with E-state index in [0.29, 0.717) is 5.82 Å². The van der Waals surface area contributed by atoms with Crippen molar-refractivity contribution in [2.75, 3.05) is 0 Å². The maximum atomic E-state index is 8.49. The van der Waals surface area contributed by atoms with Gasteiger partial charge in [-0.25, -0.2) is 15.0 Å². The minimum atomic E-state index is 0.168. The van der Waals surface area contributed by atoms with Gasteiger partial charge in [0.2, 0.25) is 0 Å². The van der Waals surface area contributed by atoms with E-state index in [0.717, 1.165) is 18.0 Å². The van der Waals surface area contributed by atoms with E-state index in [1.807, 2.05) is 30.3 Å². The number of nitrogens with zero attached hydrogens (tertiary/aromatic N) is 5. The van der Waals surface area contributed by atoms with Gasteiger partial charge in [-0.3, -0.25) is 0 Å². The Balaban J connectivity index is 2.53. The van der Waals surface area contributed by atoms with Crippen LogP contribution in [-0.2, 0) is 0 Å². The molecule has 7 nitrogen and oxygen atoms in total. The summed E-state index contributed by atoms with van der Waals surface area (Å²) in [6.07, 6.45) is 2.14. The summed E-state index contributed by atoms with van der Waals surface area (Å²) in [6.45, 7) is 0. The van der Waals surface area contributed by atoms with Crippen molar-refractivity contribution in [3.05, 3.63) is 42.0 Å². The summed E-state index contributed by atoms with van der Waals surface area (Å²) in [5.74, 6) is 0.734. The SMILES string of the molecule is O/N=C/c1nc(/C=N/O)nc(-c2ccccc2)n1. The maximum Gasteiger partial charge on any atom is 0.178 e. The molecule has 0 radical (unpaired) electrons. The molecule has 18 heavy (non-hydrogen) atoms. The molecule has 0 aliphatic heterocycles. The van der Waals surface area contributed by atoms with Crippen LogP contribution in [0.4, 0.5) is 0 Å². The molecule has 0 amide bonds. The monoisotopic (exact) mass is 243 g/mol. The van der Waals surface area contributed by atoms with Gasteiger partial charge in [0.05, 0.1) is 0 Å². The van der Waals surface area contributed by atoms with Gasteiger partial charge >= 0.3 is 0 Å². The van der Waals surface area contributed by atoms with Crippen LogP contribution in [0, 0.1) is 0 Å². The third-order valence-electron chi connectivity index (χ3n) is 2.05. The van der Waals surface area contributed by atoms with E-state index in [1.54, 1.807) is 0 Å². The van der Waals surface area contributed by atoms with Gasteiger partial charge in [-0.05, 0) is 0 Å². The van der Waals surface area contributed by atoms with Crippen LogP contribution in [-0.4, -0.2) is 37.8 Å². The molecule has 0 aliphatic rings. The maximum absolute atomic E-state index is 8.49. The first kappa shape index (κ1) is 11.6. The summed E-state index contributed by atoms with van der Waals surface area (Å²) in [5, 5.41) is 22.7. The predicted octanol–water partition coefficient (Wildman–Crippen LogP) is 1.15. The van der Waals surface area contributed by atoms with Crippen LogP contribution < -0.4 is 0 Å². The van der Waals surface area contributed by atoms with Gasteiger partial charge in [0, 0.05) is 5.56 Å². The number of hydrogen-bond donors (Lipinski definition) is 2. The van der Waals surface area contributed by atoms with Gasteiger partial charge in [0.25, 0.3) is 0 Å². The average Bonchev–Trinajstić information content (AvgIpc) is 2.40. The van der Waals surface area contributed by atoms with E-state index in [9.17, 15) is 0 Å². The van der Waals surface area contributed by atoms with Crippen LogP contribution in [0.3, 0.4) is 0 Å². The summed E-state index contributed by atoms with van der Waals surface area (Å²) in [6, 6.07) is 9.22. The number of hydrogen-bond acceptors (Lipinski definition) is 7. The van der Waals surface area contributed by atoms with E-state index in [-0.39, 0.29) is 11.6 Å². The third-order valence-corrected chi connectivity index (χ3v) is 2.05. The number of oxime groups is 2. The van der Waals surface area contributed by atoms with Crippen molar-refractivity contribution < 1.29 is 10.4 Å². The lowest BCUT2D eigenvalue weighted by Gasteiger charge is -2.01. The molecule has 0 aliphatic carbocycles. The molecule has 0 saturated heterocycles. The van der Waals surface area contributed by atoms with E-state index in [4.69, 9.17) is 10.4 Å². The molecule has 0 fully saturated rings. The first-order chi connectivity index (χ1) is 8.83. The lowest BCUT2D eigenvalue weighted by atomic mass is 10.2. The standard InChI is InChI=1S/C11H9N5O2/c17-12-6-9-14-10(7-13-18)16-11(15-9)8-4-2-1-3-5-8/h1-7,17-18H/b12-6+,13-7+. The molecular formula is C11H9N5O2. The summed E-state index contributed by atoms with van der Waals surface area (Å²) in [4.78, 5) is 12.1. The molecule has 1 aromatic carbocycles. The van der Waals surface area contributed by atoms with Gasteiger partial charge < -0.3 is 10.4 Å². The van der Waals surface area contributed by atoms with Crippen molar-refractivity contribution in [1.82, 2.24) is 15.0 Å². The topological polar surface area (TPSA) is 104 Å². The van der Waals surface area contributed by atoms with Gasteiger partial charge in [0.15, 0.2) is 17.5 Å². The molecule has 2 N–H and O–H groups in total. The fourth-order valence-corrected chi connectivity index (χ4v) is 1.34. The molecule has 90 valence electrons. The summed E-state index contributed by atoms with van der Waals surface area (Å²) >= 11 is 0. The molecule has 0 atom stereocenters. The zero-order valence-corrected chi connectivity index (χ0v) is 9.17. The highest BCUT2D eigenvalue weighted by atomic mass is 16.4. The molecular weight excluding hydrogens is 234 g/mol. The first-order valence-corrected chi connectivity index (χ1v) is 5.00. The van der Waals surface area contributed by atoms with Crippen molar-refractivity contribution >= 4 is 12.4 Å². The van der Waals surface area contributed by atoms with Gasteiger partial charge in [0.1, 0.15) is 12.4 Å². The van der Waals surface area contributed by atoms with Crippen molar-refractivity contribution in [1.29, 1.82) is 0 Å². The average molecular weight is 243 g/mol. The van der Waals surface area contributed by atoms with Crippen LogP contribution in [0.1, 0.15) is 11.6 Å². The van der Waals surface area contributed by atoms with Gasteiger partial charge in [-0.1, -0.05) is 40.6 Å². The van der Waals surface area contributed by atoms with Gasteiger partial charge in [-0.15, -0.1) is 0 Å². The van der Waals surface area contributed by atoms with Crippen LogP contribution in [0.2, 0.25) is 0 Å². The van der Waals surface area contributed by atoms with E-state index in [2.05, 4.69) is 25.3 Å². The number of aromatic nitrogens is 3. The van der Waals surface area contributed by atoms with Crippen LogP contribution in [0.15, 0.2) is 40.6 Å². The van der Waals surface area contributed by atoms with Crippen molar-refractivity contribution in [3.63, 3.8) is 0 Å². The minimum absolute atomic E-state index is 0.168. The Labute approximate surface area is 102 Å². The number of rotatable bonds is 3. The second-order valence-corrected chi connectivity index (χ2v) is 3.23. The van der Waals surface area contributed by atoms with E-state index in [1.165, 1.54) is 0 Å². The Bertz CT molecular complexity index is 553. The molecule has 0 unspecified atom stereocenters. The summed E-state index contributed by atoms with van der Waals surface area (Å²) in [5.41, 5.74) is 0.778. The van der Waals surface area contributed by atoms with Crippen molar-refractivity contribution in [2.45, 2.75) is 0 Å². The quantitative estimate of drug-likeness (QED) is 0.478. The Morgan fingerprint density at radius 2 is 1.39 bits per heavy atom. The highest BCUT2D eigenvalue weighted by Gasteiger charge is 2.06. The van der Waals surface area contributed by atoms with Crippen LogP contribution in [0.5, 0.6) is 0 Å². The lowest BCUT2D eigenvalue weighted by molar-refractivity contribution is 0.321. The van der Waals surface area contributed by atoms with Crippen molar-refractivity contribution in [3.8, 4) is 11.4 Å². The van der Waals surface area contributed by atoms with Crippen LogP contribution >= 0.6 is 0 Å². The highest BCUT2D eigenvalue weighted by Crippen LogP contribution is 2.13. The zero-order chi connectivity index (χ0) is 12.8. The van der Waals surface area contributed by atoms with E-state index < -0.39 is 0 Å². The normalized spacial score (nSPS) is 11.3. The fourth-order valence-electron chi connectivity index (χ4n) is 1.34. The molecule has 0 spiro atoms.